The second kappa shape index (κ2) is 6.00. The van der Waals surface area contributed by atoms with Crippen LogP contribution in [0, 0.1) is 5.92 Å². The molecule has 0 amide bonds. The van der Waals surface area contributed by atoms with Gasteiger partial charge >= 0.3 is 0 Å². The first-order valence-corrected chi connectivity index (χ1v) is 7.25. The first-order valence-electron chi connectivity index (χ1n) is 7.25. The first-order chi connectivity index (χ1) is 10.3. The van der Waals surface area contributed by atoms with Crippen molar-refractivity contribution in [2.45, 2.75) is 19.3 Å². The molecule has 1 unspecified atom stereocenters. The summed E-state index contributed by atoms with van der Waals surface area (Å²) in [6, 6.07) is 16.2. The van der Waals surface area contributed by atoms with Gasteiger partial charge in [0.05, 0.1) is 12.8 Å². The zero-order valence-electron chi connectivity index (χ0n) is 12.1. The predicted octanol–water partition coefficient (Wildman–Crippen LogP) is 3.68. The number of para-hydroxylation sites is 1. The van der Waals surface area contributed by atoms with Crippen molar-refractivity contribution < 1.29 is 9.94 Å². The number of methoxy groups -OCH3 is 1. The van der Waals surface area contributed by atoms with Crippen molar-refractivity contribution in [3.05, 3.63) is 65.2 Å². The number of fused-ring (bicyclic) bond motifs is 1. The van der Waals surface area contributed by atoms with Crippen LogP contribution in [0.5, 0.6) is 5.75 Å². The molecule has 0 radical (unpaired) electrons. The summed E-state index contributed by atoms with van der Waals surface area (Å²) in [7, 11) is 1.69. The molecule has 0 saturated carbocycles. The van der Waals surface area contributed by atoms with Gasteiger partial charge in [-0.2, -0.15) is 0 Å². The Labute approximate surface area is 124 Å². The van der Waals surface area contributed by atoms with Gasteiger partial charge in [-0.25, -0.2) is 0 Å². The molecular formula is C18H19NO2. The van der Waals surface area contributed by atoms with Gasteiger partial charge in [0.2, 0.25) is 0 Å². The van der Waals surface area contributed by atoms with Crippen LogP contribution in [-0.4, -0.2) is 18.0 Å². The van der Waals surface area contributed by atoms with Gasteiger partial charge < -0.3 is 9.94 Å². The highest BCUT2D eigenvalue weighted by molar-refractivity contribution is 6.04. The lowest BCUT2D eigenvalue weighted by Crippen LogP contribution is -2.25. The van der Waals surface area contributed by atoms with Gasteiger partial charge in [0.15, 0.2) is 0 Å². The molecular weight excluding hydrogens is 262 g/mol. The van der Waals surface area contributed by atoms with E-state index >= 15 is 0 Å². The number of ether oxygens (including phenoxy) is 1. The summed E-state index contributed by atoms with van der Waals surface area (Å²) in [6.07, 6.45) is 2.85. The van der Waals surface area contributed by atoms with E-state index in [4.69, 9.17) is 4.74 Å². The Morgan fingerprint density at radius 3 is 2.71 bits per heavy atom. The molecule has 3 nitrogen and oxygen atoms in total. The van der Waals surface area contributed by atoms with E-state index in [1.54, 1.807) is 7.11 Å². The molecule has 0 heterocycles. The maximum atomic E-state index is 9.47. The summed E-state index contributed by atoms with van der Waals surface area (Å²) in [5, 5.41) is 13.1. The zero-order chi connectivity index (χ0) is 14.7. The van der Waals surface area contributed by atoms with Crippen LogP contribution in [-0.2, 0) is 12.8 Å². The van der Waals surface area contributed by atoms with E-state index in [2.05, 4.69) is 17.3 Å². The highest BCUT2D eigenvalue weighted by Crippen LogP contribution is 2.30. The van der Waals surface area contributed by atoms with Crippen molar-refractivity contribution in [1.82, 2.24) is 0 Å². The van der Waals surface area contributed by atoms with E-state index < -0.39 is 0 Å². The molecule has 3 rings (SSSR count). The number of rotatable bonds is 3. The van der Waals surface area contributed by atoms with Gasteiger partial charge in [-0.1, -0.05) is 47.6 Å². The second-order valence-corrected chi connectivity index (χ2v) is 5.39. The van der Waals surface area contributed by atoms with Crippen LogP contribution in [0.3, 0.4) is 0 Å². The molecule has 0 bridgehead atoms. The number of benzene rings is 2. The third-order valence-electron chi connectivity index (χ3n) is 4.21. The summed E-state index contributed by atoms with van der Waals surface area (Å²) in [5.74, 6) is 1.12. The van der Waals surface area contributed by atoms with E-state index in [1.165, 1.54) is 5.56 Å². The molecule has 0 aliphatic heterocycles. The molecule has 108 valence electrons. The van der Waals surface area contributed by atoms with E-state index in [0.717, 1.165) is 41.9 Å². The van der Waals surface area contributed by atoms with Crippen LogP contribution in [0.2, 0.25) is 0 Å². The molecule has 0 aromatic heterocycles. The Morgan fingerprint density at radius 1 is 1.14 bits per heavy atom. The molecule has 1 N–H and O–H groups in total. The van der Waals surface area contributed by atoms with Crippen LogP contribution in [0.25, 0.3) is 0 Å². The Bertz CT molecular complexity index is 664. The molecule has 2 aromatic rings. The summed E-state index contributed by atoms with van der Waals surface area (Å²) in [6.45, 7) is 0. The fourth-order valence-electron chi connectivity index (χ4n) is 3.15. The molecule has 0 spiro atoms. The van der Waals surface area contributed by atoms with Crippen molar-refractivity contribution >= 4 is 5.71 Å². The average Bonchev–Trinajstić information content (AvgIpc) is 2.55. The summed E-state index contributed by atoms with van der Waals surface area (Å²) in [5.41, 5.74) is 4.29. The van der Waals surface area contributed by atoms with E-state index in [-0.39, 0.29) is 5.92 Å². The second-order valence-electron chi connectivity index (χ2n) is 5.39. The molecule has 2 aromatic carbocycles. The molecule has 21 heavy (non-hydrogen) atoms. The molecule has 1 aliphatic rings. The minimum Gasteiger partial charge on any atom is -0.496 e. The lowest BCUT2D eigenvalue weighted by Gasteiger charge is -2.26. The number of oxime groups is 1. The normalized spacial score (nSPS) is 19.3. The zero-order valence-corrected chi connectivity index (χ0v) is 12.1. The maximum Gasteiger partial charge on any atom is 0.122 e. The van der Waals surface area contributed by atoms with Crippen LogP contribution in [0.4, 0.5) is 0 Å². The minimum absolute atomic E-state index is 0.223. The van der Waals surface area contributed by atoms with Crippen molar-refractivity contribution in [3.63, 3.8) is 0 Å². The van der Waals surface area contributed by atoms with Gasteiger partial charge in [-0.3, -0.25) is 0 Å². The van der Waals surface area contributed by atoms with E-state index in [9.17, 15) is 5.21 Å². The third-order valence-corrected chi connectivity index (χ3v) is 4.21. The molecule has 0 saturated heterocycles. The Kier molecular flexibility index (Phi) is 3.91. The molecule has 1 atom stereocenters. The van der Waals surface area contributed by atoms with Gasteiger partial charge in [0.25, 0.3) is 0 Å². The highest BCUT2D eigenvalue weighted by atomic mass is 16.5. The van der Waals surface area contributed by atoms with Gasteiger partial charge in [-0.15, -0.1) is 0 Å². The Hall–Kier alpha value is -2.29. The summed E-state index contributed by atoms with van der Waals surface area (Å²) < 4.78 is 5.42. The summed E-state index contributed by atoms with van der Waals surface area (Å²) >= 11 is 0. The van der Waals surface area contributed by atoms with Gasteiger partial charge in [-0.05, 0) is 36.5 Å². The Morgan fingerprint density at radius 2 is 1.90 bits per heavy atom. The fourth-order valence-corrected chi connectivity index (χ4v) is 3.15. The highest BCUT2D eigenvalue weighted by Gasteiger charge is 2.26. The lowest BCUT2D eigenvalue weighted by atomic mass is 9.79. The largest absolute Gasteiger partial charge is 0.496 e. The average molecular weight is 281 g/mol. The van der Waals surface area contributed by atoms with Crippen LogP contribution < -0.4 is 4.74 Å². The van der Waals surface area contributed by atoms with E-state index in [1.807, 2.05) is 36.4 Å². The standard InChI is InChI=1S/C18H19NO2/c1-21-17-9-5-3-7-14(17)12-15-11-10-13-6-2-4-8-16(13)18(15)19-20/h2-9,15,20H,10-12H2,1H3/b19-18-. The van der Waals surface area contributed by atoms with Crippen molar-refractivity contribution in [1.29, 1.82) is 0 Å². The number of aryl methyl sites for hydroxylation is 1. The predicted molar refractivity (Wildman–Crippen MR) is 83.3 cm³/mol. The van der Waals surface area contributed by atoms with Crippen LogP contribution in [0.15, 0.2) is 53.7 Å². The van der Waals surface area contributed by atoms with Crippen molar-refractivity contribution in [2.75, 3.05) is 7.11 Å². The van der Waals surface area contributed by atoms with E-state index in [0.29, 0.717) is 0 Å². The smallest absolute Gasteiger partial charge is 0.122 e. The van der Waals surface area contributed by atoms with Crippen molar-refractivity contribution in [3.8, 4) is 5.75 Å². The lowest BCUT2D eigenvalue weighted by molar-refractivity contribution is 0.313. The van der Waals surface area contributed by atoms with Gasteiger partial charge in [0, 0.05) is 11.5 Å². The first kappa shape index (κ1) is 13.7. The molecule has 0 fully saturated rings. The summed E-state index contributed by atoms with van der Waals surface area (Å²) in [4.78, 5) is 0. The monoisotopic (exact) mass is 281 g/mol. The van der Waals surface area contributed by atoms with Crippen LogP contribution >= 0.6 is 0 Å². The van der Waals surface area contributed by atoms with Gasteiger partial charge in [0.1, 0.15) is 5.75 Å². The van der Waals surface area contributed by atoms with Crippen LogP contribution in [0.1, 0.15) is 23.1 Å². The third kappa shape index (κ3) is 2.64. The molecule has 1 aliphatic carbocycles. The van der Waals surface area contributed by atoms with Crippen molar-refractivity contribution in [2.24, 2.45) is 11.1 Å². The number of hydrogen-bond donors (Lipinski definition) is 1. The minimum atomic E-state index is 0.223. The maximum absolute atomic E-state index is 9.47. The topological polar surface area (TPSA) is 41.8 Å². The fraction of sp³-hybridized carbons (Fsp3) is 0.278. The number of hydrogen-bond acceptors (Lipinski definition) is 3. The number of nitrogens with zero attached hydrogens (tertiary/aromatic N) is 1. The quantitative estimate of drug-likeness (QED) is 0.689. The molecule has 3 heteroatoms. The SMILES string of the molecule is COc1ccccc1CC1CCc2ccccc2/C1=N\O. The Balaban J connectivity index is 1.90.